The highest BCUT2D eigenvalue weighted by molar-refractivity contribution is 7.94. The molecule has 0 aliphatic rings. The molecule has 0 fully saturated rings. The van der Waals surface area contributed by atoms with Gasteiger partial charge in [0, 0.05) is 5.41 Å². The molecule has 0 N–H and O–H groups in total. The van der Waals surface area contributed by atoms with Crippen LogP contribution in [0.15, 0.2) is 22.9 Å². The summed E-state index contributed by atoms with van der Waals surface area (Å²) in [6, 6.07) is 0.0603. The summed E-state index contributed by atoms with van der Waals surface area (Å²) >= 11 is 0. The Labute approximate surface area is 82.8 Å². The second-order valence-electron chi connectivity index (χ2n) is 2.51. The minimum absolute atomic E-state index is 0.0603. The quantitative estimate of drug-likeness (QED) is 0.343. The molecule has 82 valence electrons. The zero-order valence-corrected chi connectivity index (χ0v) is 7.91. The van der Waals surface area contributed by atoms with E-state index in [0.717, 1.165) is 0 Å². The van der Waals surface area contributed by atoms with Crippen molar-refractivity contribution in [2.45, 2.75) is 4.90 Å². The summed E-state index contributed by atoms with van der Waals surface area (Å²) in [6.45, 7) is 2.84. The summed E-state index contributed by atoms with van der Waals surface area (Å²) in [6.07, 6.45) is 0. The second kappa shape index (κ2) is 3.65. The summed E-state index contributed by atoms with van der Waals surface area (Å²) in [7, 11) is -4.35. The van der Waals surface area contributed by atoms with Gasteiger partial charge >= 0.3 is 0 Å². The molecule has 1 aromatic carbocycles. The van der Waals surface area contributed by atoms with Crippen molar-refractivity contribution in [3.8, 4) is 0 Å². The molecule has 0 unspecified atom stereocenters. The van der Waals surface area contributed by atoms with E-state index in [2.05, 4.69) is 6.58 Å². The van der Waals surface area contributed by atoms with Gasteiger partial charge in [0.15, 0.2) is 23.3 Å². The van der Waals surface area contributed by atoms with Crippen molar-refractivity contribution in [1.29, 1.82) is 0 Å². The number of hydrogen-bond acceptors (Lipinski definition) is 2. The molecule has 0 saturated carbocycles. The molecule has 0 aliphatic carbocycles. The predicted molar refractivity (Wildman–Crippen MR) is 43.7 cm³/mol. The molecule has 7 heteroatoms. The van der Waals surface area contributed by atoms with Gasteiger partial charge in [-0.25, -0.2) is 26.0 Å². The third-order valence-electron chi connectivity index (χ3n) is 1.60. The highest BCUT2D eigenvalue weighted by Crippen LogP contribution is 2.23. The standard InChI is InChI=1S/C8H4F4O2S/c1-2-15(13,14)5-3-4(9)6(10)8(12)7(5)11/h2-3H,1H2. The van der Waals surface area contributed by atoms with Gasteiger partial charge in [-0.3, -0.25) is 0 Å². The highest BCUT2D eigenvalue weighted by atomic mass is 32.2. The van der Waals surface area contributed by atoms with Gasteiger partial charge in [0.2, 0.25) is 9.84 Å². The van der Waals surface area contributed by atoms with E-state index in [1.54, 1.807) is 0 Å². The summed E-state index contributed by atoms with van der Waals surface area (Å²) in [5, 5.41) is 0.308. The molecule has 15 heavy (non-hydrogen) atoms. The van der Waals surface area contributed by atoms with E-state index in [9.17, 15) is 26.0 Å². The van der Waals surface area contributed by atoms with Crippen LogP contribution in [0.25, 0.3) is 0 Å². The van der Waals surface area contributed by atoms with Gasteiger partial charge < -0.3 is 0 Å². The van der Waals surface area contributed by atoms with Crippen LogP contribution < -0.4 is 0 Å². The monoisotopic (exact) mass is 240 g/mol. The molecule has 1 rings (SSSR count). The number of sulfone groups is 1. The molecule has 1 aromatic rings. The van der Waals surface area contributed by atoms with Gasteiger partial charge in [-0.15, -0.1) is 0 Å². The lowest BCUT2D eigenvalue weighted by molar-refractivity contribution is 0.396. The van der Waals surface area contributed by atoms with Gasteiger partial charge in [0.1, 0.15) is 4.90 Å². The fourth-order valence-corrected chi connectivity index (χ4v) is 1.63. The van der Waals surface area contributed by atoms with Crippen LogP contribution in [0.3, 0.4) is 0 Å². The average molecular weight is 240 g/mol. The molecule has 0 radical (unpaired) electrons. The number of hydrogen-bond donors (Lipinski definition) is 0. The van der Waals surface area contributed by atoms with Crippen LogP contribution in [-0.4, -0.2) is 8.42 Å². The summed E-state index contributed by atoms with van der Waals surface area (Å²) in [4.78, 5) is -1.28. The smallest absolute Gasteiger partial charge is 0.202 e. The van der Waals surface area contributed by atoms with Crippen LogP contribution >= 0.6 is 0 Å². The van der Waals surface area contributed by atoms with Gasteiger partial charge in [-0.2, -0.15) is 0 Å². The Balaban J connectivity index is 3.67. The van der Waals surface area contributed by atoms with Gasteiger partial charge in [-0.1, -0.05) is 6.58 Å². The van der Waals surface area contributed by atoms with E-state index < -0.39 is 38.0 Å². The topological polar surface area (TPSA) is 34.1 Å². The lowest BCUT2D eigenvalue weighted by Crippen LogP contribution is -2.06. The maximum absolute atomic E-state index is 12.9. The van der Waals surface area contributed by atoms with Crippen LogP contribution in [-0.2, 0) is 9.84 Å². The van der Waals surface area contributed by atoms with E-state index in [1.165, 1.54) is 0 Å². The Kier molecular flexibility index (Phi) is 2.85. The molecule has 0 aromatic heterocycles. The van der Waals surface area contributed by atoms with Crippen LogP contribution in [0.4, 0.5) is 17.6 Å². The van der Waals surface area contributed by atoms with Gasteiger partial charge in [0.05, 0.1) is 0 Å². The summed E-state index contributed by atoms with van der Waals surface area (Å²) in [5.41, 5.74) is 0. The molecular formula is C8H4F4O2S. The molecule has 0 saturated heterocycles. The van der Waals surface area contributed by atoms with E-state index in [0.29, 0.717) is 5.41 Å². The average Bonchev–Trinajstić information content (AvgIpc) is 2.20. The Morgan fingerprint density at radius 2 is 1.60 bits per heavy atom. The van der Waals surface area contributed by atoms with Crippen molar-refractivity contribution in [3.63, 3.8) is 0 Å². The number of rotatable bonds is 2. The van der Waals surface area contributed by atoms with E-state index >= 15 is 0 Å². The molecule has 0 spiro atoms. The molecule has 2 nitrogen and oxygen atoms in total. The first kappa shape index (κ1) is 11.7. The lowest BCUT2D eigenvalue weighted by atomic mass is 10.3. The van der Waals surface area contributed by atoms with Crippen molar-refractivity contribution in [3.05, 3.63) is 41.3 Å². The molecule has 0 aliphatic heterocycles. The summed E-state index contributed by atoms with van der Waals surface area (Å²) in [5.74, 6) is -7.98. The van der Waals surface area contributed by atoms with E-state index in [4.69, 9.17) is 0 Å². The summed E-state index contributed by atoms with van der Waals surface area (Å²) < 4.78 is 72.7. The normalized spacial score (nSPS) is 11.5. The Morgan fingerprint density at radius 1 is 1.07 bits per heavy atom. The van der Waals surface area contributed by atoms with Gasteiger partial charge in [0.25, 0.3) is 0 Å². The Morgan fingerprint density at radius 3 is 2.07 bits per heavy atom. The van der Waals surface area contributed by atoms with Crippen molar-refractivity contribution < 1.29 is 26.0 Å². The van der Waals surface area contributed by atoms with E-state index in [1.807, 2.05) is 0 Å². The predicted octanol–water partition coefficient (Wildman–Crippen LogP) is 2.16. The highest BCUT2D eigenvalue weighted by Gasteiger charge is 2.25. The van der Waals surface area contributed by atoms with Crippen molar-refractivity contribution in [1.82, 2.24) is 0 Å². The fraction of sp³-hybridized carbons (Fsp3) is 0. The van der Waals surface area contributed by atoms with Crippen LogP contribution in [0, 0.1) is 23.3 Å². The van der Waals surface area contributed by atoms with Crippen molar-refractivity contribution >= 4 is 9.84 Å². The minimum atomic E-state index is -4.35. The van der Waals surface area contributed by atoms with Crippen LogP contribution in [0.2, 0.25) is 0 Å². The third kappa shape index (κ3) is 1.87. The first-order valence-electron chi connectivity index (χ1n) is 3.51. The number of halogens is 4. The van der Waals surface area contributed by atoms with E-state index in [-0.39, 0.29) is 6.07 Å². The largest absolute Gasteiger partial charge is 0.219 e. The lowest BCUT2D eigenvalue weighted by Gasteiger charge is -2.03. The first-order valence-corrected chi connectivity index (χ1v) is 5.06. The molecule has 0 amide bonds. The molecule has 0 atom stereocenters. The Hall–Kier alpha value is -1.37. The second-order valence-corrected chi connectivity index (χ2v) is 4.37. The van der Waals surface area contributed by atoms with Gasteiger partial charge in [-0.05, 0) is 6.07 Å². The minimum Gasteiger partial charge on any atom is -0.219 e. The van der Waals surface area contributed by atoms with Crippen molar-refractivity contribution in [2.75, 3.05) is 0 Å². The maximum atomic E-state index is 12.9. The zero-order chi connectivity index (χ0) is 11.8. The maximum Gasteiger partial charge on any atom is 0.202 e. The zero-order valence-electron chi connectivity index (χ0n) is 7.10. The Bertz CT molecular complexity index is 522. The molecule has 0 heterocycles. The SMILES string of the molecule is C=CS(=O)(=O)c1cc(F)c(F)c(F)c1F. The van der Waals surface area contributed by atoms with Crippen LogP contribution in [0.1, 0.15) is 0 Å². The fourth-order valence-electron chi connectivity index (χ4n) is 0.848. The van der Waals surface area contributed by atoms with Crippen molar-refractivity contribution in [2.24, 2.45) is 0 Å². The first-order chi connectivity index (χ1) is 6.81. The van der Waals surface area contributed by atoms with Crippen LogP contribution in [0.5, 0.6) is 0 Å². The third-order valence-corrected chi connectivity index (χ3v) is 2.94. The molecular weight excluding hydrogens is 236 g/mol. The number of benzene rings is 1. The molecule has 0 bridgehead atoms.